The van der Waals surface area contributed by atoms with Crippen molar-refractivity contribution in [2.24, 2.45) is 4.99 Å². The molecule has 30 heavy (non-hydrogen) atoms. The molecule has 0 fully saturated rings. The summed E-state index contributed by atoms with van der Waals surface area (Å²) in [5.41, 5.74) is 11.6. The van der Waals surface area contributed by atoms with Crippen LogP contribution in [0.15, 0.2) is 102 Å². The molecule has 1 heterocycles. The van der Waals surface area contributed by atoms with Crippen LogP contribution in [-0.2, 0) is 6.42 Å². The van der Waals surface area contributed by atoms with E-state index in [-0.39, 0.29) is 5.92 Å². The van der Waals surface area contributed by atoms with Gasteiger partial charge < -0.3 is 0 Å². The third-order valence-corrected chi connectivity index (χ3v) is 6.23. The summed E-state index contributed by atoms with van der Waals surface area (Å²) >= 11 is 0. The van der Waals surface area contributed by atoms with Crippen LogP contribution < -0.4 is 0 Å². The van der Waals surface area contributed by atoms with E-state index in [4.69, 9.17) is 4.99 Å². The Kier molecular flexibility index (Phi) is 3.99. The maximum absolute atomic E-state index is 5.10. The molecule has 1 unspecified atom stereocenters. The molecule has 1 aliphatic heterocycles. The maximum Gasteiger partial charge on any atom is 0.0678 e. The summed E-state index contributed by atoms with van der Waals surface area (Å²) in [4.78, 5) is 5.10. The zero-order chi connectivity index (χ0) is 19.9. The van der Waals surface area contributed by atoms with Crippen molar-refractivity contribution in [1.82, 2.24) is 0 Å². The fourth-order valence-corrected chi connectivity index (χ4v) is 4.85. The minimum atomic E-state index is 0.215. The third kappa shape index (κ3) is 2.74. The van der Waals surface area contributed by atoms with Crippen LogP contribution in [0.1, 0.15) is 44.9 Å². The van der Waals surface area contributed by atoms with E-state index in [1.807, 2.05) is 0 Å². The quantitative estimate of drug-likeness (QED) is 0.337. The van der Waals surface area contributed by atoms with Gasteiger partial charge in [-0.15, -0.1) is 0 Å². The molecule has 142 valence electrons. The Bertz CT molecular complexity index is 1300. The second kappa shape index (κ2) is 6.96. The van der Waals surface area contributed by atoms with E-state index in [2.05, 4.69) is 109 Å². The standard InChI is InChI=1S/C29H21N/c1-3-9-20(10-4-1)17-18-21-13-7-15-24-25(21)19-23-14-8-16-26-27(23)28(24)29(30-26)22-11-5-2-6-12-22/h1-18,28H,19H2/b18-17+. The van der Waals surface area contributed by atoms with Gasteiger partial charge in [-0.2, -0.15) is 0 Å². The Morgan fingerprint density at radius 3 is 2.30 bits per heavy atom. The van der Waals surface area contributed by atoms with Gasteiger partial charge in [-0.3, -0.25) is 4.99 Å². The average molecular weight is 383 g/mol. The molecule has 4 aromatic rings. The average Bonchev–Trinajstić information content (AvgIpc) is 3.21. The van der Waals surface area contributed by atoms with E-state index in [0.29, 0.717) is 0 Å². The van der Waals surface area contributed by atoms with Gasteiger partial charge in [0.2, 0.25) is 0 Å². The SMILES string of the molecule is C(=C\c1cccc2c1Cc1cccc3c1C2C(c1ccccc1)=N3)/c1ccccc1. The molecule has 1 nitrogen and oxygen atoms in total. The van der Waals surface area contributed by atoms with Crippen molar-refractivity contribution in [3.8, 4) is 0 Å². The molecule has 0 saturated heterocycles. The van der Waals surface area contributed by atoms with E-state index < -0.39 is 0 Å². The van der Waals surface area contributed by atoms with Gasteiger partial charge in [0.15, 0.2) is 0 Å². The van der Waals surface area contributed by atoms with Crippen LogP contribution in [0.25, 0.3) is 12.2 Å². The summed E-state index contributed by atoms with van der Waals surface area (Å²) in [6.07, 6.45) is 5.43. The van der Waals surface area contributed by atoms with E-state index >= 15 is 0 Å². The lowest BCUT2D eigenvalue weighted by Gasteiger charge is -2.28. The highest BCUT2D eigenvalue weighted by Gasteiger charge is 2.36. The zero-order valence-electron chi connectivity index (χ0n) is 16.6. The van der Waals surface area contributed by atoms with E-state index in [1.54, 1.807) is 0 Å². The van der Waals surface area contributed by atoms with Crippen LogP contribution in [0.5, 0.6) is 0 Å². The van der Waals surface area contributed by atoms with Crippen LogP contribution in [-0.4, -0.2) is 5.71 Å². The molecule has 0 saturated carbocycles. The van der Waals surface area contributed by atoms with Crippen LogP contribution in [0, 0.1) is 0 Å². The molecule has 1 atom stereocenters. The molecular formula is C29H21N. The Hall–Kier alpha value is -3.71. The van der Waals surface area contributed by atoms with Gasteiger partial charge in [0, 0.05) is 0 Å². The van der Waals surface area contributed by atoms with Gasteiger partial charge in [-0.1, -0.05) is 103 Å². The summed E-state index contributed by atoms with van der Waals surface area (Å²) < 4.78 is 0. The number of aliphatic imine (C=N–C) groups is 1. The molecule has 0 N–H and O–H groups in total. The fourth-order valence-electron chi connectivity index (χ4n) is 4.85. The highest BCUT2D eigenvalue weighted by Crippen LogP contribution is 2.48. The summed E-state index contributed by atoms with van der Waals surface area (Å²) in [7, 11) is 0. The second-order valence-corrected chi connectivity index (χ2v) is 7.98. The number of rotatable bonds is 3. The predicted octanol–water partition coefficient (Wildman–Crippen LogP) is 7.03. The van der Waals surface area contributed by atoms with Crippen LogP contribution in [0.2, 0.25) is 0 Å². The van der Waals surface area contributed by atoms with Gasteiger partial charge in [-0.05, 0) is 51.4 Å². The molecule has 0 radical (unpaired) electrons. The molecule has 4 aromatic carbocycles. The van der Waals surface area contributed by atoms with E-state index in [0.717, 1.165) is 12.1 Å². The van der Waals surface area contributed by atoms with Gasteiger partial charge >= 0.3 is 0 Å². The van der Waals surface area contributed by atoms with Crippen molar-refractivity contribution in [1.29, 1.82) is 0 Å². The molecule has 0 aromatic heterocycles. The van der Waals surface area contributed by atoms with Gasteiger partial charge in [-0.25, -0.2) is 0 Å². The van der Waals surface area contributed by atoms with Crippen molar-refractivity contribution >= 4 is 23.6 Å². The minimum Gasteiger partial charge on any atom is -0.251 e. The molecular weight excluding hydrogens is 362 g/mol. The molecule has 1 aliphatic carbocycles. The second-order valence-electron chi connectivity index (χ2n) is 7.98. The zero-order valence-corrected chi connectivity index (χ0v) is 16.6. The summed E-state index contributed by atoms with van der Waals surface area (Å²) in [5.74, 6) is 0.215. The van der Waals surface area contributed by atoms with Crippen LogP contribution in [0.4, 0.5) is 5.69 Å². The minimum absolute atomic E-state index is 0.215. The first-order chi connectivity index (χ1) is 14.9. The van der Waals surface area contributed by atoms with Crippen molar-refractivity contribution in [3.63, 3.8) is 0 Å². The third-order valence-electron chi connectivity index (χ3n) is 6.23. The lowest BCUT2D eigenvalue weighted by Crippen LogP contribution is -2.19. The van der Waals surface area contributed by atoms with Crippen LogP contribution >= 0.6 is 0 Å². The van der Waals surface area contributed by atoms with Gasteiger partial charge in [0.05, 0.1) is 17.3 Å². The lowest BCUT2D eigenvalue weighted by molar-refractivity contribution is 0.963. The van der Waals surface area contributed by atoms with Crippen molar-refractivity contribution in [2.75, 3.05) is 0 Å². The predicted molar refractivity (Wildman–Crippen MR) is 126 cm³/mol. The number of nitrogens with zero attached hydrogens (tertiary/aromatic N) is 1. The van der Waals surface area contributed by atoms with Gasteiger partial charge in [0.1, 0.15) is 0 Å². The number of hydrogen-bond acceptors (Lipinski definition) is 1. The Morgan fingerprint density at radius 1 is 0.700 bits per heavy atom. The first-order valence-electron chi connectivity index (χ1n) is 10.5. The number of benzene rings is 4. The maximum atomic E-state index is 5.10. The number of fused-ring (bicyclic) bond motifs is 2. The molecule has 2 aliphatic rings. The molecule has 0 spiro atoms. The van der Waals surface area contributed by atoms with E-state index in [1.165, 1.54) is 44.7 Å². The van der Waals surface area contributed by atoms with Gasteiger partial charge in [0.25, 0.3) is 0 Å². The molecule has 0 amide bonds. The first-order valence-corrected chi connectivity index (χ1v) is 10.5. The summed E-state index contributed by atoms with van der Waals surface area (Å²) in [6, 6.07) is 34.4. The molecule has 6 rings (SSSR count). The Balaban J connectivity index is 1.50. The molecule has 1 heteroatoms. The fraction of sp³-hybridized carbons (Fsp3) is 0.0690. The Morgan fingerprint density at radius 2 is 1.47 bits per heavy atom. The van der Waals surface area contributed by atoms with Crippen molar-refractivity contribution in [2.45, 2.75) is 12.3 Å². The molecule has 0 bridgehead atoms. The summed E-state index contributed by atoms with van der Waals surface area (Å²) in [5, 5.41) is 0. The van der Waals surface area contributed by atoms with Crippen LogP contribution in [0.3, 0.4) is 0 Å². The highest BCUT2D eigenvalue weighted by molar-refractivity contribution is 6.12. The first kappa shape index (κ1) is 17.2. The lowest BCUT2D eigenvalue weighted by atomic mass is 9.74. The number of hydrogen-bond donors (Lipinski definition) is 0. The highest BCUT2D eigenvalue weighted by atomic mass is 14.8. The largest absolute Gasteiger partial charge is 0.251 e. The normalized spacial score (nSPS) is 16.3. The van der Waals surface area contributed by atoms with E-state index in [9.17, 15) is 0 Å². The van der Waals surface area contributed by atoms with Crippen molar-refractivity contribution < 1.29 is 0 Å². The smallest absolute Gasteiger partial charge is 0.0678 e. The van der Waals surface area contributed by atoms with Crippen molar-refractivity contribution in [3.05, 3.63) is 136 Å². The summed E-state index contributed by atoms with van der Waals surface area (Å²) in [6.45, 7) is 0. The monoisotopic (exact) mass is 383 g/mol. The topological polar surface area (TPSA) is 12.4 Å². The Labute approximate surface area is 177 Å².